The van der Waals surface area contributed by atoms with Crippen LogP contribution < -0.4 is 0 Å². The molecule has 0 heteroatoms. The Labute approximate surface area is 110 Å². The molecule has 1 aliphatic carbocycles. The summed E-state index contributed by atoms with van der Waals surface area (Å²) < 4.78 is 0. The maximum Gasteiger partial charge on any atom is -0.0391 e. The second-order valence-electron chi connectivity index (χ2n) is 6.71. The summed E-state index contributed by atoms with van der Waals surface area (Å²) in [5.41, 5.74) is 0. The molecule has 1 saturated carbocycles. The molecule has 1 fully saturated rings. The molecule has 0 amide bonds. The van der Waals surface area contributed by atoms with Crippen LogP contribution in [0.4, 0.5) is 0 Å². The first kappa shape index (κ1) is 15.1. The van der Waals surface area contributed by atoms with Crippen LogP contribution in [0.3, 0.4) is 0 Å². The van der Waals surface area contributed by atoms with Crippen LogP contribution in [0.1, 0.15) is 85.5 Å². The van der Waals surface area contributed by atoms with Gasteiger partial charge < -0.3 is 0 Å². The Balaban J connectivity index is 2.07. The fourth-order valence-electron chi connectivity index (χ4n) is 3.59. The van der Waals surface area contributed by atoms with Crippen molar-refractivity contribution in [1.82, 2.24) is 0 Å². The zero-order valence-electron chi connectivity index (χ0n) is 12.7. The van der Waals surface area contributed by atoms with Crippen molar-refractivity contribution in [1.29, 1.82) is 0 Å². The number of hydrogen-bond acceptors (Lipinski definition) is 0. The third-order valence-corrected chi connectivity index (χ3v) is 5.17. The maximum absolute atomic E-state index is 2.47. The monoisotopic (exact) mass is 238 g/mol. The summed E-state index contributed by atoms with van der Waals surface area (Å²) in [7, 11) is 0. The molecule has 1 rings (SSSR count). The van der Waals surface area contributed by atoms with Gasteiger partial charge in [0.15, 0.2) is 0 Å². The summed E-state index contributed by atoms with van der Waals surface area (Å²) in [6.07, 6.45) is 13.2. The normalized spacial score (nSPS) is 33.9. The Morgan fingerprint density at radius 3 is 1.88 bits per heavy atom. The first-order chi connectivity index (χ1) is 8.15. The first-order valence-electron chi connectivity index (χ1n) is 8.15. The van der Waals surface area contributed by atoms with E-state index in [9.17, 15) is 0 Å². The molecule has 2 unspecified atom stereocenters. The zero-order valence-corrected chi connectivity index (χ0v) is 12.7. The average Bonchev–Trinajstić information content (AvgIpc) is 2.30. The number of hydrogen-bond donors (Lipinski definition) is 0. The lowest BCUT2D eigenvalue weighted by Crippen LogP contribution is -2.27. The van der Waals surface area contributed by atoms with Crippen molar-refractivity contribution < 1.29 is 0 Å². The molecule has 17 heavy (non-hydrogen) atoms. The Morgan fingerprint density at radius 2 is 1.29 bits per heavy atom. The van der Waals surface area contributed by atoms with Crippen LogP contribution in [0.5, 0.6) is 0 Å². The van der Waals surface area contributed by atoms with E-state index in [-0.39, 0.29) is 0 Å². The zero-order chi connectivity index (χ0) is 12.7. The molecular weight excluding hydrogens is 204 g/mol. The molecule has 0 aromatic rings. The van der Waals surface area contributed by atoms with E-state index >= 15 is 0 Å². The lowest BCUT2D eigenvalue weighted by atomic mass is 9.69. The highest BCUT2D eigenvalue weighted by Gasteiger charge is 2.29. The summed E-state index contributed by atoms with van der Waals surface area (Å²) in [6, 6.07) is 0. The topological polar surface area (TPSA) is 0 Å². The highest BCUT2D eigenvalue weighted by atomic mass is 14.3. The van der Waals surface area contributed by atoms with Gasteiger partial charge in [0.2, 0.25) is 0 Å². The predicted octanol–water partition coefficient (Wildman–Crippen LogP) is 6.06. The summed E-state index contributed by atoms with van der Waals surface area (Å²) in [5.74, 6) is 3.92. The predicted molar refractivity (Wildman–Crippen MR) is 78.2 cm³/mol. The van der Waals surface area contributed by atoms with E-state index in [1.165, 1.54) is 57.8 Å². The van der Waals surface area contributed by atoms with Crippen molar-refractivity contribution in [2.24, 2.45) is 23.7 Å². The van der Waals surface area contributed by atoms with E-state index in [1.807, 2.05) is 0 Å². The molecule has 0 aliphatic heterocycles. The Hall–Kier alpha value is 0. The largest absolute Gasteiger partial charge is 0.0654 e. The minimum absolute atomic E-state index is 0.954. The molecule has 0 bridgehead atoms. The quantitative estimate of drug-likeness (QED) is 0.473. The molecular formula is C17H34. The van der Waals surface area contributed by atoms with Gasteiger partial charge in [-0.3, -0.25) is 0 Å². The third-order valence-electron chi connectivity index (χ3n) is 5.17. The van der Waals surface area contributed by atoms with Crippen molar-refractivity contribution in [2.75, 3.05) is 0 Å². The van der Waals surface area contributed by atoms with Gasteiger partial charge in [-0.05, 0) is 36.5 Å². The van der Waals surface area contributed by atoms with E-state index in [4.69, 9.17) is 0 Å². The minimum Gasteiger partial charge on any atom is -0.0654 e. The van der Waals surface area contributed by atoms with E-state index in [1.54, 1.807) is 0 Å². The first-order valence-corrected chi connectivity index (χ1v) is 8.15. The van der Waals surface area contributed by atoms with Gasteiger partial charge in [0.25, 0.3) is 0 Å². The van der Waals surface area contributed by atoms with Gasteiger partial charge in [0, 0.05) is 0 Å². The van der Waals surface area contributed by atoms with Gasteiger partial charge in [-0.2, -0.15) is 0 Å². The Bertz CT molecular complexity index is 172. The van der Waals surface area contributed by atoms with Crippen LogP contribution in [0.15, 0.2) is 0 Å². The lowest BCUT2D eigenvalue weighted by Gasteiger charge is -2.37. The fraction of sp³-hybridized carbons (Fsp3) is 1.00. The molecule has 0 nitrogen and oxygen atoms in total. The highest BCUT2D eigenvalue weighted by molar-refractivity contribution is 4.79. The van der Waals surface area contributed by atoms with Crippen LogP contribution in [-0.4, -0.2) is 0 Å². The molecule has 0 N–H and O–H groups in total. The van der Waals surface area contributed by atoms with E-state index < -0.39 is 0 Å². The van der Waals surface area contributed by atoms with E-state index in [0.29, 0.717) is 0 Å². The highest BCUT2D eigenvalue weighted by Crippen LogP contribution is 2.39. The summed E-state index contributed by atoms with van der Waals surface area (Å²) in [6.45, 7) is 9.69. The van der Waals surface area contributed by atoms with Crippen molar-refractivity contribution in [2.45, 2.75) is 85.5 Å². The van der Waals surface area contributed by atoms with Crippen LogP contribution in [0.25, 0.3) is 0 Å². The molecule has 0 saturated heterocycles. The fourth-order valence-corrected chi connectivity index (χ4v) is 3.59. The molecule has 0 radical (unpaired) electrons. The van der Waals surface area contributed by atoms with Gasteiger partial charge in [0.1, 0.15) is 0 Å². The van der Waals surface area contributed by atoms with Gasteiger partial charge >= 0.3 is 0 Å². The van der Waals surface area contributed by atoms with Crippen LogP contribution >= 0.6 is 0 Å². The second-order valence-corrected chi connectivity index (χ2v) is 6.71. The van der Waals surface area contributed by atoms with Crippen molar-refractivity contribution in [3.05, 3.63) is 0 Å². The maximum atomic E-state index is 2.47. The third kappa shape index (κ3) is 5.44. The van der Waals surface area contributed by atoms with Crippen LogP contribution in [0.2, 0.25) is 0 Å². The molecule has 0 aromatic carbocycles. The molecule has 0 aromatic heterocycles. The van der Waals surface area contributed by atoms with E-state index in [0.717, 1.165) is 23.7 Å². The SMILES string of the molecule is CCCCCCCCC1CC(C)C(C)C(C)C1. The minimum atomic E-state index is 0.954. The molecule has 102 valence electrons. The standard InChI is InChI=1S/C17H34/c1-5-6-7-8-9-10-11-17-12-14(2)16(4)15(3)13-17/h14-17H,5-13H2,1-4H3. The number of rotatable bonds is 7. The smallest absolute Gasteiger partial charge is 0.0391 e. The molecule has 0 heterocycles. The summed E-state index contributed by atoms with van der Waals surface area (Å²) >= 11 is 0. The second kappa shape index (κ2) is 8.16. The average molecular weight is 238 g/mol. The van der Waals surface area contributed by atoms with Gasteiger partial charge in [-0.15, -0.1) is 0 Å². The van der Waals surface area contributed by atoms with Crippen molar-refractivity contribution >= 4 is 0 Å². The van der Waals surface area contributed by atoms with Gasteiger partial charge in [-0.1, -0.05) is 72.6 Å². The van der Waals surface area contributed by atoms with Crippen molar-refractivity contribution in [3.63, 3.8) is 0 Å². The van der Waals surface area contributed by atoms with Gasteiger partial charge in [0.05, 0.1) is 0 Å². The Kier molecular flexibility index (Phi) is 7.23. The lowest BCUT2D eigenvalue weighted by molar-refractivity contribution is 0.134. The Morgan fingerprint density at radius 1 is 0.765 bits per heavy atom. The van der Waals surface area contributed by atoms with Crippen LogP contribution in [0, 0.1) is 23.7 Å². The molecule has 1 aliphatic rings. The van der Waals surface area contributed by atoms with Crippen LogP contribution in [-0.2, 0) is 0 Å². The van der Waals surface area contributed by atoms with Crippen molar-refractivity contribution in [3.8, 4) is 0 Å². The van der Waals surface area contributed by atoms with Gasteiger partial charge in [-0.25, -0.2) is 0 Å². The number of unbranched alkanes of at least 4 members (excludes halogenated alkanes) is 5. The summed E-state index contributed by atoms with van der Waals surface area (Å²) in [4.78, 5) is 0. The summed E-state index contributed by atoms with van der Waals surface area (Å²) in [5, 5.41) is 0. The van der Waals surface area contributed by atoms with E-state index in [2.05, 4.69) is 27.7 Å². The molecule has 0 spiro atoms. The molecule has 2 atom stereocenters.